The van der Waals surface area contributed by atoms with Crippen molar-refractivity contribution in [2.45, 2.75) is 26.3 Å². The number of nitrogens with one attached hydrogen (secondary N) is 1. The first-order chi connectivity index (χ1) is 9.70. The average molecular weight is 273 g/mol. The lowest BCUT2D eigenvalue weighted by atomic mass is 10.2. The highest BCUT2D eigenvalue weighted by Crippen LogP contribution is 2.20. The highest BCUT2D eigenvalue weighted by atomic mass is 16.5. The number of benzene rings is 1. The van der Waals surface area contributed by atoms with Gasteiger partial charge in [-0.3, -0.25) is 0 Å². The molecule has 2 aromatic rings. The summed E-state index contributed by atoms with van der Waals surface area (Å²) in [5, 5.41) is 3.31. The number of rotatable bonds is 6. The van der Waals surface area contributed by atoms with E-state index in [4.69, 9.17) is 9.15 Å². The predicted octanol–water partition coefficient (Wildman–Crippen LogP) is 4.02. The third kappa shape index (κ3) is 3.63. The number of hydrogen-bond acceptors (Lipinski definition) is 4. The van der Waals surface area contributed by atoms with E-state index < -0.39 is 0 Å². The molecule has 0 radical (unpaired) electrons. The van der Waals surface area contributed by atoms with Crippen LogP contribution in [-0.2, 0) is 4.74 Å². The summed E-state index contributed by atoms with van der Waals surface area (Å²) < 4.78 is 10.4. The Kier molecular flexibility index (Phi) is 4.82. The molecule has 0 bridgehead atoms. The molecule has 0 fully saturated rings. The zero-order valence-electron chi connectivity index (χ0n) is 11.8. The minimum absolute atomic E-state index is 0.0721. The van der Waals surface area contributed by atoms with Crippen LogP contribution in [0.25, 0.3) is 0 Å². The molecule has 1 heterocycles. The summed E-state index contributed by atoms with van der Waals surface area (Å²) in [7, 11) is 0. The summed E-state index contributed by atoms with van der Waals surface area (Å²) >= 11 is 0. The molecule has 106 valence electrons. The third-order valence-corrected chi connectivity index (χ3v) is 2.91. The Morgan fingerprint density at radius 3 is 2.65 bits per heavy atom. The molecule has 4 nitrogen and oxygen atoms in total. The molecular formula is C16H19NO3. The lowest BCUT2D eigenvalue weighted by Crippen LogP contribution is -2.07. The standard InChI is InChI=1S/C16H19NO3/c1-3-10-20-16(18)13-6-8-14(9-7-13)17-12(2)15-5-4-11-19-15/h4-9,11-12,17H,3,10H2,1-2H3. The molecule has 1 aromatic carbocycles. The van der Waals surface area contributed by atoms with Crippen molar-refractivity contribution in [2.24, 2.45) is 0 Å². The summed E-state index contributed by atoms with van der Waals surface area (Å²) in [6, 6.07) is 11.1. The van der Waals surface area contributed by atoms with Gasteiger partial charge in [0.05, 0.1) is 24.5 Å². The third-order valence-electron chi connectivity index (χ3n) is 2.91. The van der Waals surface area contributed by atoms with E-state index in [0.29, 0.717) is 12.2 Å². The van der Waals surface area contributed by atoms with Gasteiger partial charge in [0.2, 0.25) is 0 Å². The molecule has 1 aromatic heterocycles. The number of hydrogen-bond donors (Lipinski definition) is 1. The van der Waals surface area contributed by atoms with Gasteiger partial charge in [0, 0.05) is 5.69 Å². The Morgan fingerprint density at radius 2 is 2.05 bits per heavy atom. The van der Waals surface area contributed by atoms with Crippen molar-refractivity contribution in [3.05, 3.63) is 54.0 Å². The SMILES string of the molecule is CCCOC(=O)c1ccc(NC(C)c2ccco2)cc1. The average Bonchev–Trinajstić information content (AvgIpc) is 3.00. The lowest BCUT2D eigenvalue weighted by Gasteiger charge is -2.13. The van der Waals surface area contributed by atoms with Crippen molar-refractivity contribution in [1.29, 1.82) is 0 Å². The van der Waals surface area contributed by atoms with Gasteiger partial charge in [0.25, 0.3) is 0 Å². The van der Waals surface area contributed by atoms with Crippen molar-refractivity contribution < 1.29 is 13.9 Å². The second kappa shape index (κ2) is 6.80. The van der Waals surface area contributed by atoms with Crippen LogP contribution in [-0.4, -0.2) is 12.6 Å². The number of anilines is 1. The molecule has 1 atom stereocenters. The van der Waals surface area contributed by atoms with Crippen LogP contribution in [0.1, 0.15) is 42.4 Å². The summed E-state index contributed by atoms with van der Waals surface area (Å²) in [6.07, 6.45) is 2.48. The van der Waals surface area contributed by atoms with E-state index in [0.717, 1.165) is 17.9 Å². The van der Waals surface area contributed by atoms with Gasteiger partial charge in [-0.05, 0) is 49.7 Å². The first kappa shape index (κ1) is 14.2. The van der Waals surface area contributed by atoms with Crippen molar-refractivity contribution in [1.82, 2.24) is 0 Å². The molecule has 1 unspecified atom stereocenters. The summed E-state index contributed by atoms with van der Waals surface area (Å²) in [5.74, 6) is 0.592. The quantitative estimate of drug-likeness (QED) is 0.808. The van der Waals surface area contributed by atoms with E-state index in [1.807, 2.05) is 38.1 Å². The second-order valence-electron chi connectivity index (χ2n) is 4.59. The van der Waals surface area contributed by atoms with Gasteiger partial charge in [0.15, 0.2) is 0 Å². The van der Waals surface area contributed by atoms with Crippen LogP contribution in [0.4, 0.5) is 5.69 Å². The van der Waals surface area contributed by atoms with Gasteiger partial charge in [-0.2, -0.15) is 0 Å². The molecule has 0 amide bonds. The number of ether oxygens (including phenoxy) is 1. The zero-order chi connectivity index (χ0) is 14.4. The first-order valence-electron chi connectivity index (χ1n) is 6.78. The largest absolute Gasteiger partial charge is 0.467 e. The zero-order valence-corrected chi connectivity index (χ0v) is 11.8. The van der Waals surface area contributed by atoms with E-state index in [-0.39, 0.29) is 12.0 Å². The lowest BCUT2D eigenvalue weighted by molar-refractivity contribution is 0.0505. The van der Waals surface area contributed by atoms with Gasteiger partial charge in [-0.15, -0.1) is 0 Å². The number of carbonyl (C=O) groups is 1. The maximum Gasteiger partial charge on any atom is 0.338 e. The minimum atomic E-state index is -0.280. The smallest absolute Gasteiger partial charge is 0.338 e. The molecule has 4 heteroatoms. The maximum absolute atomic E-state index is 11.7. The number of esters is 1. The van der Waals surface area contributed by atoms with Crippen LogP contribution in [0.15, 0.2) is 47.1 Å². The second-order valence-corrected chi connectivity index (χ2v) is 4.59. The maximum atomic E-state index is 11.7. The fourth-order valence-corrected chi connectivity index (χ4v) is 1.84. The van der Waals surface area contributed by atoms with Crippen molar-refractivity contribution >= 4 is 11.7 Å². The van der Waals surface area contributed by atoms with E-state index in [1.54, 1.807) is 18.4 Å². The molecule has 0 aliphatic rings. The monoisotopic (exact) mass is 273 g/mol. The molecular weight excluding hydrogens is 254 g/mol. The highest BCUT2D eigenvalue weighted by Gasteiger charge is 2.09. The fourth-order valence-electron chi connectivity index (χ4n) is 1.84. The van der Waals surface area contributed by atoms with Crippen LogP contribution >= 0.6 is 0 Å². The van der Waals surface area contributed by atoms with Crippen LogP contribution in [0.3, 0.4) is 0 Å². The molecule has 1 N–H and O–H groups in total. The topological polar surface area (TPSA) is 51.5 Å². The van der Waals surface area contributed by atoms with Gasteiger partial charge >= 0.3 is 5.97 Å². The molecule has 0 aliphatic heterocycles. The fraction of sp³-hybridized carbons (Fsp3) is 0.312. The van der Waals surface area contributed by atoms with Crippen LogP contribution in [0.5, 0.6) is 0 Å². The first-order valence-corrected chi connectivity index (χ1v) is 6.78. The van der Waals surface area contributed by atoms with E-state index in [2.05, 4.69) is 5.32 Å². The van der Waals surface area contributed by atoms with E-state index in [1.165, 1.54) is 0 Å². The van der Waals surface area contributed by atoms with Crippen LogP contribution in [0, 0.1) is 0 Å². The highest BCUT2D eigenvalue weighted by molar-refractivity contribution is 5.89. The molecule has 0 aliphatic carbocycles. The van der Waals surface area contributed by atoms with Gasteiger partial charge in [-0.25, -0.2) is 4.79 Å². The van der Waals surface area contributed by atoms with Crippen LogP contribution in [0.2, 0.25) is 0 Å². The van der Waals surface area contributed by atoms with Crippen LogP contribution < -0.4 is 5.32 Å². The Labute approximate surface area is 118 Å². The molecule has 20 heavy (non-hydrogen) atoms. The van der Waals surface area contributed by atoms with E-state index in [9.17, 15) is 4.79 Å². The van der Waals surface area contributed by atoms with Crippen molar-refractivity contribution in [3.8, 4) is 0 Å². The molecule has 0 saturated heterocycles. The van der Waals surface area contributed by atoms with Crippen molar-refractivity contribution in [2.75, 3.05) is 11.9 Å². The Bertz CT molecular complexity index is 531. The summed E-state index contributed by atoms with van der Waals surface area (Å²) in [4.78, 5) is 11.7. The summed E-state index contributed by atoms with van der Waals surface area (Å²) in [5.41, 5.74) is 1.50. The molecule has 0 spiro atoms. The summed E-state index contributed by atoms with van der Waals surface area (Å²) in [6.45, 7) is 4.44. The van der Waals surface area contributed by atoms with Gasteiger partial charge < -0.3 is 14.5 Å². The molecule has 0 saturated carbocycles. The Morgan fingerprint density at radius 1 is 1.30 bits per heavy atom. The minimum Gasteiger partial charge on any atom is -0.467 e. The van der Waals surface area contributed by atoms with Gasteiger partial charge in [0.1, 0.15) is 5.76 Å². The van der Waals surface area contributed by atoms with E-state index >= 15 is 0 Å². The van der Waals surface area contributed by atoms with Gasteiger partial charge in [-0.1, -0.05) is 6.92 Å². The Balaban J connectivity index is 1.96. The predicted molar refractivity (Wildman–Crippen MR) is 77.8 cm³/mol. The number of carbonyl (C=O) groups excluding carboxylic acids is 1. The Hall–Kier alpha value is -2.23. The van der Waals surface area contributed by atoms with Crippen molar-refractivity contribution in [3.63, 3.8) is 0 Å². The normalized spacial score (nSPS) is 11.9. The molecule has 2 rings (SSSR count). The number of furan rings is 1.